The number of hydrogen-bond acceptors (Lipinski definition) is 2. The second-order valence-electron chi connectivity index (χ2n) is 1.50. The van der Waals surface area contributed by atoms with Crippen LogP contribution in [0.5, 0.6) is 0 Å². The predicted molar refractivity (Wildman–Crippen MR) is 40.2 cm³/mol. The van der Waals surface area contributed by atoms with Gasteiger partial charge in [0.05, 0.1) is 6.26 Å². The summed E-state index contributed by atoms with van der Waals surface area (Å²) < 4.78 is 4.55. The van der Waals surface area contributed by atoms with Gasteiger partial charge in [0.15, 0.2) is 0 Å². The van der Waals surface area contributed by atoms with Crippen LogP contribution in [0, 0.1) is 0 Å². The van der Waals surface area contributed by atoms with Crippen molar-refractivity contribution in [2.75, 3.05) is 0 Å². The molecule has 0 rings (SSSR count). The molecule has 0 radical (unpaired) electrons. The van der Waals surface area contributed by atoms with Gasteiger partial charge in [-0.25, -0.2) is 4.79 Å². The third kappa shape index (κ3) is 4.84. The first-order chi connectivity index (χ1) is 4.81. The van der Waals surface area contributed by atoms with E-state index in [1.54, 1.807) is 19.1 Å². The second-order valence-corrected chi connectivity index (χ2v) is 1.50. The van der Waals surface area contributed by atoms with Crippen molar-refractivity contribution in [2.24, 2.45) is 0 Å². The second kappa shape index (κ2) is 5.82. The molecule has 10 heavy (non-hydrogen) atoms. The van der Waals surface area contributed by atoms with Crippen LogP contribution in [0.25, 0.3) is 0 Å². The Morgan fingerprint density at radius 3 is 2.80 bits per heavy atom. The molecule has 2 nitrogen and oxygen atoms in total. The molecule has 0 heterocycles. The summed E-state index contributed by atoms with van der Waals surface area (Å²) in [5, 5.41) is 0. The monoisotopic (exact) mass is 138 g/mol. The summed E-state index contributed by atoms with van der Waals surface area (Å²) in [6, 6.07) is 0. The maximum atomic E-state index is 10.5. The van der Waals surface area contributed by atoms with Crippen LogP contribution in [0.2, 0.25) is 0 Å². The summed E-state index contributed by atoms with van der Waals surface area (Å²) in [5.74, 6) is -0.374. The zero-order valence-electron chi connectivity index (χ0n) is 5.91. The number of hydrogen-bond donors (Lipinski definition) is 0. The molecule has 0 spiro atoms. The lowest BCUT2D eigenvalue weighted by molar-refractivity contribution is -0.132. The molecule has 0 aliphatic rings. The highest BCUT2D eigenvalue weighted by Crippen LogP contribution is 1.82. The van der Waals surface area contributed by atoms with E-state index in [-0.39, 0.29) is 5.97 Å². The summed E-state index contributed by atoms with van der Waals surface area (Å²) in [6.45, 7) is 5.16. The van der Waals surface area contributed by atoms with E-state index in [2.05, 4.69) is 11.3 Å². The van der Waals surface area contributed by atoms with Crippen molar-refractivity contribution in [1.29, 1.82) is 0 Å². The van der Waals surface area contributed by atoms with Crippen LogP contribution < -0.4 is 0 Å². The van der Waals surface area contributed by atoms with Crippen LogP contribution >= 0.6 is 0 Å². The lowest BCUT2D eigenvalue weighted by atomic mass is 10.5. The lowest BCUT2D eigenvalue weighted by Crippen LogP contribution is -1.92. The summed E-state index contributed by atoms with van der Waals surface area (Å²) in [4.78, 5) is 10.5. The van der Waals surface area contributed by atoms with Crippen molar-refractivity contribution in [3.05, 3.63) is 37.1 Å². The molecular weight excluding hydrogens is 128 g/mol. The molecule has 0 fully saturated rings. The Morgan fingerprint density at radius 2 is 2.30 bits per heavy atom. The molecule has 0 saturated carbocycles. The van der Waals surface area contributed by atoms with Crippen molar-refractivity contribution in [3.8, 4) is 0 Å². The van der Waals surface area contributed by atoms with Gasteiger partial charge in [-0.3, -0.25) is 0 Å². The average molecular weight is 138 g/mol. The van der Waals surface area contributed by atoms with Crippen molar-refractivity contribution in [2.45, 2.75) is 6.92 Å². The van der Waals surface area contributed by atoms with E-state index in [4.69, 9.17) is 0 Å². The van der Waals surface area contributed by atoms with Gasteiger partial charge in [-0.15, -0.1) is 0 Å². The first-order valence-electron chi connectivity index (χ1n) is 2.92. The summed E-state index contributed by atoms with van der Waals surface area (Å²) >= 11 is 0. The van der Waals surface area contributed by atoms with E-state index >= 15 is 0 Å². The van der Waals surface area contributed by atoms with Crippen molar-refractivity contribution >= 4 is 5.97 Å². The number of carbonyl (C=O) groups is 1. The average Bonchev–Trinajstić information content (AvgIpc) is 1.89. The number of rotatable bonds is 3. The van der Waals surface area contributed by atoms with Gasteiger partial charge in [0.1, 0.15) is 0 Å². The lowest BCUT2D eigenvalue weighted by Gasteiger charge is -1.88. The minimum atomic E-state index is -0.374. The van der Waals surface area contributed by atoms with E-state index in [1.165, 1.54) is 18.4 Å². The van der Waals surface area contributed by atoms with E-state index in [0.29, 0.717) is 0 Å². The molecule has 0 unspecified atom stereocenters. The van der Waals surface area contributed by atoms with Crippen LogP contribution in [0.3, 0.4) is 0 Å². The molecule has 0 N–H and O–H groups in total. The normalized spacial score (nSPS) is 10.5. The van der Waals surface area contributed by atoms with Crippen LogP contribution in [-0.4, -0.2) is 5.97 Å². The standard InChI is InChI=1S/C8H10O2/c1-3-5-7-10-8(9)6-4-2/h3-7H,1H2,2H3. The van der Waals surface area contributed by atoms with Gasteiger partial charge in [0, 0.05) is 6.08 Å². The Morgan fingerprint density at radius 1 is 1.60 bits per heavy atom. The Hall–Kier alpha value is -1.31. The molecule has 2 heteroatoms. The Kier molecular flexibility index (Phi) is 5.06. The fourth-order valence-corrected chi connectivity index (χ4v) is 0.337. The summed E-state index contributed by atoms with van der Waals surface area (Å²) in [7, 11) is 0. The minimum absolute atomic E-state index is 0.374. The van der Waals surface area contributed by atoms with Gasteiger partial charge < -0.3 is 4.74 Å². The predicted octanol–water partition coefficient (Wildman–Crippen LogP) is 1.81. The molecule has 0 aromatic carbocycles. The number of ether oxygens (including phenoxy) is 1. The molecule has 0 atom stereocenters. The van der Waals surface area contributed by atoms with Crippen LogP contribution in [0.15, 0.2) is 37.1 Å². The maximum Gasteiger partial charge on any atom is 0.335 e. The molecular formula is C8H10O2. The highest BCUT2D eigenvalue weighted by molar-refractivity contribution is 5.82. The van der Waals surface area contributed by atoms with Gasteiger partial charge in [-0.1, -0.05) is 18.7 Å². The highest BCUT2D eigenvalue weighted by Gasteiger charge is 1.87. The largest absolute Gasteiger partial charge is 0.431 e. The maximum absolute atomic E-state index is 10.5. The quantitative estimate of drug-likeness (QED) is 0.257. The molecule has 0 aromatic heterocycles. The summed E-state index contributed by atoms with van der Waals surface area (Å²) in [6.07, 6.45) is 7.32. The Balaban J connectivity index is 3.58. The van der Waals surface area contributed by atoms with Gasteiger partial charge in [0.2, 0.25) is 0 Å². The third-order valence-corrected chi connectivity index (χ3v) is 0.702. The topological polar surface area (TPSA) is 26.3 Å². The van der Waals surface area contributed by atoms with Crippen LogP contribution in [0.4, 0.5) is 0 Å². The molecule has 0 aliphatic carbocycles. The SMILES string of the molecule is C=CC=COC(=O)C=CC. The number of carbonyl (C=O) groups excluding carboxylic acids is 1. The first kappa shape index (κ1) is 8.69. The van der Waals surface area contributed by atoms with Crippen LogP contribution in [0.1, 0.15) is 6.92 Å². The summed E-state index contributed by atoms with van der Waals surface area (Å²) in [5.41, 5.74) is 0. The third-order valence-electron chi connectivity index (χ3n) is 0.702. The van der Waals surface area contributed by atoms with Gasteiger partial charge >= 0.3 is 5.97 Å². The van der Waals surface area contributed by atoms with Crippen molar-refractivity contribution in [3.63, 3.8) is 0 Å². The smallest absolute Gasteiger partial charge is 0.335 e. The van der Waals surface area contributed by atoms with Gasteiger partial charge in [-0.2, -0.15) is 0 Å². The fourth-order valence-electron chi connectivity index (χ4n) is 0.337. The Labute approximate surface area is 60.5 Å². The zero-order chi connectivity index (χ0) is 7.82. The highest BCUT2D eigenvalue weighted by atomic mass is 16.5. The molecule has 0 aromatic rings. The Bertz CT molecular complexity index is 166. The van der Waals surface area contributed by atoms with Crippen molar-refractivity contribution < 1.29 is 9.53 Å². The van der Waals surface area contributed by atoms with Gasteiger partial charge in [-0.05, 0) is 13.0 Å². The van der Waals surface area contributed by atoms with Crippen molar-refractivity contribution in [1.82, 2.24) is 0 Å². The number of allylic oxidation sites excluding steroid dienone is 3. The zero-order valence-corrected chi connectivity index (χ0v) is 5.91. The molecule has 0 saturated heterocycles. The first-order valence-corrected chi connectivity index (χ1v) is 2.92. The molecule has 0 aliphatic heterocycles. The van der Waals surface area contributed by atoms with E-state index < -0.39 is 0 Å². The molecule has 0 bridgehead atoms. The number of esters is 1. The minimum Gasteiger partial charge on any atom is -0.431 e. The molecule has 54 valence electrons. The fraction of sp³-hybridized carbons (Fsp3) is 0.125. The van der Waals surface area contributed by atoms with Gasteiger partial charge in [0.25, 0.3) is 0 Å². The van der Waals surface area contributed by atoms with E-state index in [1.807, 2.05) is 0 Å². The van der Waals surface area contributed by atoms with E-state index in [0.717, 1.165) is 0 Å². The van der Waals surface area contributed by atoms with Crippen LogP contribution in [-0.2, 0) is 9.53 Å². The molecule has 0 amide bonds. The van der Waals surface area contributed by atoms with E-state index in [9.17, 15) is 4.79 Å².